The standard InChI is InChI=1S/C11H23NO.C2H6/c1-4-10(2)12-7-5-11(6-8-12)9-13-3;1-2/h10-11H,4-9H2,1-3H3;1-2H3. The van der Waals surface area contributed by atoms with E-state index in [1.165, 1.54) is 32.4 Å². The van der Waals surface area contributed by atoms with Gasteiger partial charge in [-0.25, -0.2) is 0 Å². The first kappa shape index (κ1) is 14.9. The third kappa shape index (κ3) is 5.53. The summed E-state index contributed by atoms with van der Waals surface area (Å²) in [5, 5.41) is 0. The minimum Gasteiger partial charge on any atom is -0.384 e. The SMILES string of the molecule is CC.CCC(C)N1CCC(COC)CC1. The lowest BCUT2D eigenvalue weighted by atomic mass is 9.96. The number of likely N-dealkylation sites (tertiary alicyclic amines) is 1. The summed E-state index contributed by atoms with van der Waals surface area (Å²) in [5.74, 6) is 0.810. The fourth-order valence-electron chi connectivity index (χ4n) is 2.05. The van der Waals surface area contributed by atoms with E-state index in [0.29, 0.717) is 0 Å². The smallest absolute Gasteiger partial charge is 0.0491 e. The molecule has 0 amide bonds. The molecule has 0 aromatic rings. The van der Waals surface area contributed by atoms with Gasteiger partial charge in [0, 0.05) is 19.8 Å². The summed E-state index contributed by atoms with van der Waals surface area (Å²) in [6.07, 6.45) is 3.91. The molecule has 1 aliphatic rings. The predicted octanol–water partition coefficient (Wildman–Crippen LogP) is 3.17. The molecule has 0 aliphatic carbocycles. The highest BCUT2D eigenvalue weighted by Crippen LogP contribution is 2.19. The summed E-state index contributed by atoms with van der Waals surface area (Å²) in [6, 6.07) is 0.767. The van der Waals surface area contributed by atoms with E-state index in [9.17, 15) is 0 Å². The maximum atomic E-state index is 5.18. The Morgan fingerprint density at radius 3 is 2.20 bits per heavy atom. The Balaban J connectivity index is 0.000000921. The van der Waals surface area contributed by atoms with Crippen LogP contribution in [0.4, 0.5) is 0 Å². The van der Waals surface area contributed by atoms with Gasteiger partial charge in [0.25, 0.3) is 0 Å². The van der Waals surface area contributed by atoms with E-state index in [1.54, 1.807) is 7.11 Å². The van der Waals surface area contributed by atoms with Crippen LogP contribution in [0.15, 0.2) is 0 Å². The molecular formula is C13H29NO. The minimum atomic E-state index is 0.767. The zero-order valence-electron chi connectivity index (χ0n) is 11.3. The second-order valence-corrected chi connectivity index (χ2v) is 4.19. The van der Waals surface area contributed by atoms with Crippen molar-refractivity contribution in [2.24, 2.45) is 5.92 Å². The summed E-state index contributed by atoms with van der Waals surface area (Å²) in [5.41, 5.74) is 0. The normalized spacial score (nSPS) is 20.6. The van der Waals surface area contributed by atoms with Crippen molar-refractivity contribution in [2.75, 3.05) is 26.8 Å². The van der Waals surface area contributed by atoms with Gasteiger partial charge in [-0.2, -0.15) is 0 Å². The monoisotopic (exact) mass is 215 g/mol. The largest absolute Gasteiger partial charge is 0.384 e. The van der Waals surface area contributed by atoms with E-state index in [1.807, 2.05) is 13.8 Å². The molecule has 1 heterocycles. The highest BCUT2D eigenvalue weighted by atomic mass is 16.5. The van der Waals surface area contributed by atoms with Crippen LogP contribution in [-0.2, 0) is 4.74 Å². The van der Waals surface area contributed by atoms with Crippen molar-refractivity contribution < 1.29 is 4.74 Å². The number of ether oxygens (including phenoxy) is 1. The van der Waals surface area contributed by atoms with Gasteiger partial charge in [0.15, 0.2) is 0 Å². The first-order valence-electron chi connectivity index (χ1n) is 6.51. The van der Waals surface area contributed by atoms with Crippen molar-refractivity contribution in [3.63, 3.8) is 0 Å². The van der Waals surface area contributed by atoms with E-state index < -0.39 is 0 Å². The van der Waals surface area contributed by atoms with Crippen LogP contribution in [0.1, 0.15) is 47.0 Å². The van der Waals surface area contributed by atoms with Gasteiger partial charge >= 0.3 is 0 Å². The predicted molar refractivity (Wildman–Crippen MR) is 67.3 cm³/mol. The number of methoxy groups -OCH3 is 1. The Labute approximate surface area is 96.0 Å². The summed E-state index contributed by atoms with van der Waals surface area (Å²) in [7, 11) is 1.81. The third-order valence-corrected chi connectivity index (χ3v) is 3.27. The maximum Gasteiger partial charge on any atom is 0.0491 e. The van der Waals surface area contributed by atoms with Crippen LogP contribution in [-0.4, -0.2) is 37.7 Å². The molecule has 0 aromatic carbocycles. The fourth-order valence-corrected chi connectivity index (χ4v) is 2.05. The molecule has 0 saturated carbocycles. The third-order valence-electron chi connectivity index (χ3n) is 3.27. The number of hydrogen-bond donors (Lipinski definition) is 0. The second-order valence-electron chi connectivity index (χ2n) is 4.19. The lowest BCUT2D eigenvalue weighted by Crippen LogP contribution is -2.40. The molecule has 2 heteroatoms. The first-order valence-corrected chi connectivity index (χ1v) is 6.51. The van der Waals surface area contributed by atoms with Gasteiger partial charge < -0.3 is 9.64 Å². The number of rotatable bonds is 4. The number of piperidine rings is 1. The van der Waals surface area contributed by atoms with Crippen molar-refractivity contribution >= 4 is 0 Å². The average molecular weight is 215 g/mol. The molecule has 1 aliphatic heterocycles. The van der Waals surface area contributed by atoms with Crippen LogP contribution in [0.5, 0.6) is 0 Å². The summed E-state index contributed by atoms with van der Waals surface area (Å²) >= 11 is 0. The van der Waals surface area contributed by atoms with Crippen molar-refractivity contribution in [1.29, 1.82) is 0 Å². The zero-order chi connectivity index (χ0) is 11.7. The molecule has 1 saturated heterocycles. The van der Waals surface area contributed by atoms with Gasteiger partial charge in [-0.15, -0.1) is 0 Å². The Bertz CT molecular complexity index is 130. The summed E-state index contributed by atoms with van der Waals surface area (Å²) < 4.78 is 5.18. The van der Waals surface area contributed by atoms with Gasteiger partial charge in [-0.05, 0) is 45.2 Å². The molecule has 0 aromatic heterocycles. The minimum absolute atomic E-state index is 0.767. The number of hydrogen-bond acceptors (Lipinski definition) is 2. The van der Waals surface area contributed by atoms with Gasteiger partial charge in [-0.1, -0.05) is 20.8 Å². The van der Waals surface area contributed by atoms with Crippen LogP contribution in [0, 0.1) is 5.92 Å². The Morgan fingerprint density at radius 2 is 1.80 bits per heavy atom. The molecule has 0 N–H and O–H groups in total. The van der Waals surface area contributed by atoms with Crippen molar-refractivity contribution in [3.05, 3.63) is 0 Å². The summed E-state index contributed by atoms with van der Waals surface area (Å²) in [4.78, 5) is 2.60. The highest BCUT2D eigenvalue weighted by molar-refractivity contribution is 4.75. The van der Waals surface area contributed by atoms with Gasteiger partial charge in [0.1, 0.15) is 0 Å². The second kappa shape index (κ2) is 9.17. The van der Waals surface area contributed by atoms with Crippen LogP contribution < -0.4 is 0 Å². The Hall–Kier alpha value is -0.0800. The molecule has 2 nitrogen and oxygen atoms in total. The molecular weight excluding hydrogens is 186 g/mol. The van der Waals surface area contributed by atoms with Gasteiger partial charge in [-0.3, -0.25) is 0 Å². The number of nitrogens with zero attached hydrogens (tertiary/aromatic N) is 1. The van der Waals surface area contributed by atoms with Crippen LogP contribution in [0.3, 0.4) is 0 Å². The van der Waals surface area contributed by atoms with E-state index in [0.717, 1.165) is 18.6 Å². The lowest BCUT2D eigenvalue weighted by Gasteiger charge is -2.35. The van der Waals surface area contributed by atoms with Gasteiger partial charge in [0.05, 0.1) is 0 Å². The van der Waals surface area contributed by atoms with Crippen molar-refractivity contribution in [3.8, 4) is 0 Å². The van der Waals surface area contributed by atoms with E-state index in [4.69, 9.17) is 4.74 Å². The lowest BCUT2D eigenvalue weighted by molar-refractivity contribution is 0.0825. The van der Waals surface area contributed by atoms with Gasteiger partial charge in [0.2, 0.25) is 0 Å². The van der Waals surface area contributed by atoms with Crippen LogP contribution >= 0.6 is 0 Å². The molecule has 92 valence electrons. The van der Waals surface area contributed by atoms with Crippen molar-refractivity contribution in [2.45, 2.75) is 53.0 Å². The topological polar surface area (TPSA) is 12.5 Å². The van der Waals surface area contributed by atoms with E-state index >= 15 is 0 Å². The Kier molecular flexibility index (Phi) is 9.12. The first-order chi connectivity index (χ1) is 7.27. The maximum absolute atomic E-state index is 5.18. The average Bonchev–Trinajstić information content (AvgIpc) is 2.32. The molecule has 1 rings (SSSR count). The molecule has 1 unspecified atom stereocenters. The van der Waals surface area contributed by atoms with Crippen LogP contribution in [0.25, 0.3) is 0 Å². The zero-order valence-corrected chi connectivity index (χ0v) is 11.3. The summed E-state index contributed by atoms with van der Waals surface area (Å²) in [6.45, 7) is 12.1. The molecule has 1 fully saturated rings. The fraction of sp³-hybridized carbons (Fsp3) is 1.00. The molecule has 15 heavy (non-hydrogen) atoms. The van der Waals surface area contributed by atoms with Crippen LogP contribution in [0.2, 0.25) is 0 Å². The molecule has 0 radical (unpaired) electrons. The highest BCUT2D eigenvalue weighted by Gasteiger charge is 2.21. The van der Waals surface area contributed by atoms with Crippen molar-refractivity contribution in [1.82, 2.24) is 4.90 Å². The van der Waals surface area contributed by atoms with E-state index in [2.05, 4.69) is 18.7 Å². The quantitative estimate of drug-likeness (QED) is 0.714. The van der Waals surface area contributed by atoms with E-state index in [-0.39, 0.29) is 0 Å². The Morgan fingerprint density at radius 1 is 1.27 bits per heavy atom. The molecule has 0 spiro atoms. The molecule has 1 atom stereocenters. The molecule has 0 bridgehead atoms.